The van der Waals surface area contributed by atoms with Crippen molar-refractivity contribution in [1.29, 1.82) is 0 Å². The molecule has 1 aliphatic rings. The topological polar surface area (TPSA) is 55.2 Å². The van der Waals surface area contributed by atoms with Crippen molar-refractivity contribution in [3.05, 3.63) is 45.2 Å². The minimum Gasteiger partial charge on any atom is -0.263 e. The normalized spacial score (nSPS) is 16.1. The highest BCUT2D eigenvalue weighted by atomic mass is 79.9. The Morgan fingerprint density at radius 3 is 2.48 bits per heavy atom. The van der Waals surface area contributed by atoms with Crippen LogP contribution >= 0.6 is 15.9 Å². The molecule has 0 radical (unpaired) electrons. The number of fused-ring (bicyclic) bond motifs is 1. The summed E-state index contributed by atoms with van der Waals surface area (Å²) in [7, 11) is -3.58. The molecular formula is C18H24BrN3O2S. The zero-order chi connectivity index (χ0) is 18.6. The second kappa shape index (κ2) is 6.21. The number of aromatic nitrogens is 2. The maximum Gasteiger partial charge on any atom is 0.247 e. The zero-order valence-corrected chi connectivity index (χ0v) is 17.7. The molecule has 1 aliphatic heterocycles. The maximum absolute atomic E-state index is 13.3. The number of nitrogens with zero attached hydrogens (tertiary/aromatic N) is 3. The fraction of sp³-hybridized carbons (Fsp3) is 0.500. The van der Waals surface area contributed by atoms with Gasteiger partial charge in [0.05, 0.1) is 16.9 Å². The Morgan fingerprint density at radius 1 is 1.20 bits per heavy atom. The van der Waals surface area contributed by atoms with Crippen LogP contribution in [0.1, 0.15) is 43.3 Å². The van der Waals surface area contributed by atoms with Gasteiger partial charge in [-0.05, 0) is 58.2 Å². The molecule has 0 N–H and O–H groups in total. The Bertz CT molecular complexity index is 927. The van der Waals surface area contributed by atoms with Crippen molar-refractivity contribution in [2.24, 2.45) is 0 Å². The molecule has 1 aromatic carbocycles. The van der Waals surface area contributed by atoms with E-state index in [0.717, 1.165) is 10.0 Å². The van der Waals surface area contributed by atoms with Gasteiger partial charge in [0.2, 0.25) is 10.0 Å². The predicted octanol–water partition coefficient (Wildman–Crippen LogP) is 3.76. The van der Waals surface area contributed by atoms with Gasteiger partial charge in [-0.1, -0.05) is 28.1 Å². The van der Waals surface area contributed by atoms with E-state index in [0.29, 0.717) is 35.8 Å². The second-order valence-corrected chi connectivity index (χ2v) is 10.3. The van der Waals surface area contributed by atoms with Gasteiger partial charge in [0.1, 0.15) is 4.90 Å². The Morgan fingerprint density at radius 2 is 1.88 bits per heavy atom. The number of hydrogen-bond acceptors (Lipinski definition) is 3. The Kier molecular flexibility index (Phi) is 4.62. The molecule has 2 aromatic rings. The highest BCUT2D eigenvalue weighted by molar-refractivity contribution is 9.10. The smallest absolute Gasteiger partial charge is 0.247 e. The minimum absolute atomic E-state index is 0.262. The number of sulfonamides is 1. The van der Waals surface area contributed by atoms with Crippen molar-refractivity contribution in [2.75, 3.05) is 6.54 Å². The molecule has 0 amide bonds. The SMILES string of the molecule is Cc1nn(C(C)(C)C)c(C)c1S(=O)(=O)N1CCc2c(Br)cccc2C1. The molecule has 2 heterocycles. The van der Waals surface area contributed by atoms with Crippen molar-refractivity contribution >= 4 is 26.0 Å². The van der Waals surface area contributed by atoms with E-state index < -0.39 is 10.0 Å². The molecule has 0 aliphatic carbocycles. The predicted molar refractivity (Wildman–Crippen MR) is 102 cm³/mol. The average molecular weight is 426 g/mol. The molecule has 0 atom stereocenters. The Labute approximate surface area is 158 Å². The van der Waals surface area contributed by atoms with Gasteiger partial charge in [-0.3, -0.25) is 4.68 Å². The van der Waals surface area contributed by atoms with Crippen molar-refractivity contribution in [1.82, 2.24) is 14.1 Å². The van der Waals surface area contributed by atoms with Gasteiger partial charge in [-0.25, -0.2) is 8.42 Å². The van der Waals surface area contributed by atoms with E-state index in [1.54, 1.807) is 11.2 Å². The number of rotatable bonds is 2. The lowest BCUT2D eigenvalue weighted by molar-refractivity contribution is 0.345. The van der Waals surface area contributed by atoms with Crippen LogP contribution in [0.15, 0.2) is 27.6 Å². The van der Waals surface area contributed by atoms with Crippen LogP contribution in [-0.4, -0.2) is 29.0 Å². The average Bonchev–Trinajstić information content (AvgIpc) is 2.82. The second-order valence-electron chi connectivity index (χ2n) is 7.55. The van der Waals surface area contributed by atoms with E-state index in [1.165, 1.54) is 5.56 Å². The van der Waals surface area contributed by atoms with Gasteiger partial charge < -0.3 is 0 Å². The van der Waals surface area contributed by atoms with Crippen LogP contribution in [-0.2, 0) is 28.5 Å². The van der Waals surface area contributed by atoms with E-state index in [2.05, 4.69) is 21.0 Å². The van der Waals surface area contributed by atoms with E-state index in [1.807, 2.05) is 50.6 Å². The molecule has 0 saturated carbocycles. The van der Waals surface area contributed by atoms with Gasteiger partial charge in [-0.2, -0.15) is 9.40 Å². The maximum atomic E-state index is 13.3. The van der Waals surface area contributed by atoms with Crippen LogP contribution in [0.2, 0.25) is 0 Å². The number of halogens is 1. The lowest BCUT2D eigenvalue weighted by atomic mass is 10.0. The van der Waals surface area contributed by atoms with Crippen molar-refractivity contribution in [3.8, 4) is 0 Å². The summed E-state index contributed by atoms with van der Waals surface area (Å²) in [6.45, 7) is 10.6. The summed E-state index contributed by atoms with van der Waals surface area (Å²) in [6, 6.07) is 5.96. The van der Waals surface area contributed by atoms with E-state index >= 15 is 0 Å². The summed E-state index contributed by atoms with van der Waals surface area (Å²) in [5.74, 6) is 0. The monoisotopic (exact) mass is 425 g/mol. The number of aryl methyl sites for hydroxylation is 1. The largest absolute Gasteiger partial charge is 0.263 e. The summed E-state index contributed by atoms with van der Waals surface area (Å²) >= 11 is 3.56. The summed E-state index contributed by atoms with van der Waals surface area (Å²) < 4.78 is 31.1. The first kappa shape index (κ1) is 18.6. The van der Waals surface area contributed by atoms with Crippen LogP contribution < -0.4 is 0 Å². The quantitative estimate of drug-likeness (QED) is 0.735. The third-order valence-corrected chi connectivity index (χ3v) is 7.47. The summed E-state index contributed by atoms with van der Waals surface area (Å²) in [5.41, 5.74) is 3.26. The van der Waals surface area contributed by atoms with Crippen LogP contribution in [0.4, 0.5) is 0 Å². The Hall–Kier alpha value is -1.18. The Balaban J connectivity index is 2.03. The molecule has 5 nitrogen and oxygen atoms in total. The molecule has 25 heavy (non-hydrogen) atoms. The third-order valence-electron chi connectivity index (χ3n) is 4.63. The lowest BCUT2D eigenvalue weighted by Crippen LogP contribution is -2.36. The molecule has 0 bridgehead atoms. The molecule has 0 unspecified atom stereocenters. The molecule has 0 fully saturated rings. The van der Waals surface area contributed by atoms with E-state index in [9.17, 15) is 8.42 Å². The van der Waals surface area contributed by atoms with E-state index in [-0.39, 0.29) is 5.54 Å². The van der Waals surface area contributed by atoms with Crippen molar-refractivity contribution in [2.45, 2.75) is 58.0 Å². The summed E-state index contributed by atoms with van der Waals surface area (Å²) in [4.78, 5) is 0.348. The summed E-state index contributed by atoms with van der Waals surface area (Å²) in [6.07, 6.45) is 0.710. The molecule has 7 heteroatoms. The van der Waals surface area contributed by atoms with Crippen LogP contribution in [0.25, 0.3) is 0 Å². The van der Waals surface area contributed by atoms with Gasteiger partial charge in [-0.15, -0.1) is 0 Å². The van der Waals surface area contributed by atoms with Gasteiger partial charge >= 0.3 is 0 Å². The van der Waals surface area contributed by atoms with Crippen LogP contribution in [0, 0.1) is 13.8 Å². The van der Waals surface area contributed by atoms with Crippen molar-refractivity contribution in [3.63, 3.8) is 0 Å². The fourth-order valence-electron chi connectivity index (χ4n) is 3.53. The van der Waals surface area contributed by atoms with Gasteiger partial charge in [0.15, 0.2) is 0 Å². The highest BCUT2D eigenvalue weighted by Gasteiger charge is 2.34. The fourth-order valence-corrected chi connectivity index (χ4v) is 5.90. The first-order valence-electron chi connectivity index (χ1n) is 8.36. The molecule has 0 saturated heterocycles. The molecule has 1 aromatic heterocycles. The number of hydrogen-bond donors (Lipinski definition) is 0. The highest BCUT2D eigenvalue weighted by Crippen LogP contribution is 2.32. The molecule has 3 rings (SSSR count). The third kappa shape index (κ3) is 3.17. The van der Waals surface area contributed by atoms with Gasteiger partial charge in [0.25, 0.3) is 0 Å². The van der Waals surface area contributed by atoms with Crippen LogP contribution in [0.5, 0.6) is 0 Å². The minimum atomic E-state index is -3.58. The standard InChI is InChI=1S/C18H24BrN3O2S/c1-12-17(13(2)22(20-12)18(3,4)5)25(23,24)21-10-9-15-14(11-21)7-6-8-16(15)19/h6-8H,9-11H2,1-5H3. The zero-order valence-electron chi connectivity index (χ0n) is 15.3. The molecule has 136 valence electrons. The number of benzene rings is 1. The summed E-state index contributed by atoms with van der Waals surface area (Å²) in [5, 5.41) is 4.50. The van der Waals surface area contributed by atoms with E-state index in [4.69, 9.17) is 0 Å². The van der Waals surface area contributed by atoms with Crippen LogP contribution in [0.3, 0.4) is 0 Å². The molecular weight excluding hydrogens is 402 g/mol. The molecule has 0 spiro atoms. The first-order valence-corrected chi connectivity index (χ1v) is 10.6. The lowest BCUT2D eigenvalue weighted by Gasteiger charge is -2.29. The van der Waals surface area contributed by atoms with Crippen molar-refractivity contribution < 1.29 is 8.42 Å². The first-order chi connectivity index (χ1) is 11.5. The van der Waals surface area contributed by atoms with Gasteiger partial charge in [0, 0.05) is 17.6 Å².